The molecule has 2 aromatic rings. The molecule has 0 aliphatic carbocycles. The number of ether oxygens (including phenoxy) is 1. The van der Waals surface area contributed by atoms with Crippen LogP contribution in [0.2, 0.25) is 0 Å². The van der Waals surface area contributed by atoms with E-state index < -0.39 is 44.5 Å². The Morgan fingerprint density at radius 3 is 2.79 bits per heavy atom. The molecule has 0 radical (unpaired) electrons. The van der Waals surface area contributed by atoms with Crippen LogP contribution in [0.4, 0.5) is 5.95 Å². The van der Waals surface area contributed by atoms with Gasteiger partial charge < -0.3 is 34.2 Å². The first-order valence-electron chi connectivity index (χ1n) is 8.45. The van der Waals surface area contributed by atoms with Gasteiger partial charge in [0.1, 0.15) is 18.3 Å². The van der Waals surface area contributed by atoms with Crippen molar-refractivity contribution in [2.24, 2.45) is 7.05 Å². The van der Waals surface area contributed by atoms with E-state index in [2.05, 4.69) is 14.5 Å². The number of aromatic amines is 1. The fraction of sp³-hybridized carbons (Fsp3) is 0.643. The third-order valence-corrected chi connectivity index (χ3v) is 5.08. The molecule has 4 N–H and O–H groups in total. The van der Waals surface area contributed by atoms with Gasteiger partial charge in [0.05, 0.1) is 13.7 Å². The predicted octanol–water partition coefficient (Wildman–Crippen LogP) is -2.90. The highest BCUT2D eigenvalue weighted by molar-refractivity contribution is 7.44. The lowest BCUT2D eigenvalue weighted by Crippen LogP contribution is -2.46. The molecule has 5 atom stereocenters. The van der Waals surface area contributed by atoms with Crippen molar-refractivity contribution in [3.8, 4) is 0 Å². The number of aliphatic hydroxyl groups is 2. The minimum Gasteiger partial charge on any atom is -0.756 e. The van der Waals surface area contributed by atoms with E-state index in [4.69, 9.17) is 9.63 Å². The largest absolute Gasteiger partial charge is 0.756 e. The zero-order chi connectivity index (χ0) is 20.8. The first-order chi connectivity index (χ1) is 13.0. The molecular formula is C14H22N5O8P. The first kappa shape index (κ1) is 20.9. The Bertz CT molecular complexity index is 971. The van der Waals surface area contributed by atoms with Crippen molar-refractivity contribution in [1.29, 1.82) is 0 Å². The predicted molar refractivity (Wildman–Crippen MR) is 92.2 cm³/mol. The molecule has 0 amide bonds. The third kappa shape index (κ3) is 3.82. The molecule has 14 heteroatoms. The van der Waals surface area contributed by atoms with Gasteiger partial charge in [-0.15, -0.1) is 0 Å². The molecule has 0 aromatic carbocycles. The number of phosphoric acid groups is 1. The van der Waals surface area contributed by atoms with E-state index in [9.17, 15) is 24.5 Å². The highest BCUT2D eigenvalue weighted by atomic mass is 31.2. The van der Waals surface area contributed by atoms with E-state index >= 15 is 0 Å². The number of aliphatic hydroxyl groups excluding tert-OH is 2. The van der Waals surface area contributed by atoms with Gasteiger partial charge in [0.25, 0.3) is 19.3 Å². The number of aromatic nitrogens is 4. The number of anilines is 1. The molecule has 3 rings (SSSR count). The molecule has 1 unspecified atom stereocenters. The van der Waals surface area contributed by atoms with Crippen LogP contribution >= 0.6 is 7.82 Å². The van der Waals surface area contributed by atoms with Crippen molar-refractivity contribution < 1.29 is 38.4 Å². The Kier molecular flexibility index (Phi) is 5.60. The topological polar surface area (TPSA) is 177 Å². The van der Waals surface area contributed by atoms with Gasteiger partial charge in [-0.2, -0.15) is 0 Å². The van der Waals surface area contributed by atoms with Crippen molar-refractivity contribution in [1.82, 2.24) is 14.5 Å². The lowest BCUT2D eigenvalue weighted by molar-refractivity contribution is -0.745. The maximum absolute atomic E-state index is 12.5. The molecular weight excluding hydrogens is 397 g/mol. The number of fused-ring (bicyclic) bond motifs is 1. The van der Waals surface area contributed by atoms with Gasteiger partial charge >= 0.3 is 5.65 Å². The Labute approximate surface area is 159 Å². The van der Waals surface area contributed by atoms with Crippen molar-refractivity contribution in [2.75, 3.05) is 25.1 Å². The summed E-state index contributed by atoms with van der Waals surface area (Å²) >= 11 is 0. The van der Waals surface area contributed by atoms with Crippen LogP contribution in [0.5, 0.6) is 0 Å². The van der Waals surface area contributed by atoms with Crippen LogP contribution in [0.3, 0.4) is 0 Å². The number of imidazole rings is 1. The minimum atomic E-state index is -5.02. The fourth-order valence-corrected chi connectivity index (χ4v) is 3.36. The smallest absolute Gasteiger partial charge is 0.313 e. The average Bonchev–Trinajstić information content (AvgIpc) is 3.09. The van der Waals surface area contributed by atoms with Gasteiger partial charge in [-0.25, -0.2) is 4.57 Å². The van der Waals surface area contributed by atoms with E-state index in [0.717, 1.165) is 0 Å². The number of nitrogens with zero attached hydrogens (tertiary/aromatic N) is 4. The number of nitrogens with one attached hydrogen (secondary N) is 1. The van der Waals surface area contributed by atoms with Crippen LogP contribution in [-0.4, -0.2) is 68.2 Å². The summed E-state index contributed by atoms with van der Waals surface area (Å²) in [5.74, 6) is 0.306. The first-order valence-corrected chi connectivity index (χ1v) is 9.94. The van der Waals surface area contributed by atoms with Gasteiger partial charge in [0.15, 0.2) is 6.33 Å². The maximum atomic E-state index is 12.5. The lowest BCUT2D eigenvalue weighted by Gasteiger charge is -2.19. The Balaban J connectivity index is 2.00. The zero-order valence-corrected chi connectivity index (χ0v) is 16.3. The number of rotatable bonds is 6. The third-order valence-electron chi connectivity index (χ3n) is 4.61. The van der Waals surface area contributed by atoms with Gasteiger partial charge in [0, 0.05) is 13.6 Å². The van der Waals surface area contributed by atoms with Crippen LogP contribution in [0.1, 0.15) is 13.2 Å². The second-order valence-electron chi connectivity index (χ2n) is 6.52. The van der Waals surface area contributed by atoms with Crippen molar-refractivity contribution in [3.63, 3.8) is 0 Å². The van der Waals surface area contributed by atoms with E-state index in [1.165, 1.54) is 15.5 Å². The monoisotopic (exact) mass is 419 g/mol. The van der Waals surface area contributed by atoms with Gasteiger partial charge in [-0.1, -0.05) is 4.98 Å². The molecule has 0 saturated carbocycles. The second kappa shape index (κ2) is 7.52. The number of H-pyrrole nitrogens is 1. The zero-order valence-electron chi connectivity index (χ0n) is 15.4. The van der Waals surface area contributed by atoms with E-state index in [0.29, 0.717) is 12.5 Å². The molecule has 13 nitrogen and oxygen atoms in total. The molecule has 28 heavy (non-hydrogen) atoms. The molecule has 1 saturated heterocycles. The van der Waals surface area contributed by atoms with Gasteiger partial charge in [0.2, 0.25) is 11.7 Å². The van der Waals surface area contributed by atoms with Crippen LogP contribution in [0.15, 0.2) is 11.1 Å². The molecule has 1 aliphatic heterocycles. The molecule has 1 aliphatic rings. The average molecular weight is 419 g/mol. The van der Waals surface area contributed by atoms with E-state index in [1.807, 2.05) is 6.92 Å². The quantitative estimate of drug-likeness (QED) is 0.280. The summed E-state index contributed by atoms with van der Waals surface area (Å²) in [5, 5.41) is 20.5. The number of hydrogen-bond donors (Lipinski definition) is 4. The van der Waals surface area contributed by atoms with E-state index in [1.54, 1.807) is 19.0 Å². The Morgan fingerprint density at radius 1 is 1.50 bits per heavy atom. The molecule has 156 valence electrons. The summed E-state index contributed by atoms with van der Waals surface area (Å²) in [6.07, 6.45) is -3.86. The highest BCUT2D eigenvalue weighted by Crippen LogP contribution is 2.34. The summed E-state index contributed by atoms with van der Waals surface area (Å²) in [6.45, 7) is 1.78. The van der Waals surface area contributed by atoms with Crippen LogP contribution in [0.25, 0.3) is 11.2 Å². The SMILES string of the molecule is CCN(C)c1nc2c(c(=O)[nH]1)n(C)c[n+]2[C@@H]1O[C@H](COP(=O)([O-])O)[C@@H](O)[C@H]1O. The standard InChI is InChI=1S/C14H22N5O8P/c1-4-17(2)14-15-11-8(12(22)16-14)18(3)6-19(11)13-10(21)9(20)7(27-13)5-26-28(23,24)25/h6-7,9-10,13,20-21H,4-5H2,1-3H3,(H2-,15,16,22,23,24,25)/t7-,9-,10-,13-/m1/s1. The van der Waals surface area contributed by atoms with Crippen molar-refractivity contribution >= 4 is 24.9 Å². The number of hydrogen-bond acceptors (Lipinski definition) is 9. The normalized spacial score (nSPS) is 27.2. The number of phosphoric ester groups is 1. The molecule has 0 bridgehead atoms. The van der Waals surface area contributed by atoms with Crippen molar-refractivity contribution in [2.45, 2.75) is 31.5 Å². The Hall–Kier alpha value is -1.86. The summed E-state index contributed by atoms with van der Waals surface area (Å²) in [7, 11) is -1.67. The summed E-state index contributed by atoms with van der Waals surface area (Å²) in [4.78, 5) is 40.8. The Morgan fingerprint density at radius 2 is 2.18 bits per heavy atom. The molecule has 3 heterocycles. The van der Waals surface area contributed by atoms with Crippen LogP contribution in [0, 0.1) is 0 Å². The van der Waals surface area contributed by atoms with Crippen LogP contribution in [-0.2, 0) is 20.9 Å². The molecule has 1 fully saturated rings. The lowest BCUT2D eigenvalue weighted by atomic mass is 10.1. The molecule has 0 spiro atoms. The maximum Gasteiger partial charge on any atom is 0.313 e. The molecule has 2 aromatic heterocycles. The van der Waals surface area contributed by atoms with Crippen molar-refractivity contribution in [3.05, 3.63) is 16.7 Å². The summed E-state index contributed by atoms with van der Waals surface area (Å²) in [5.41, 5.74) is 0.0238. The van der Waals surface area contributed by atoms with Gasteiger partial charge in [-0.3, -0.25) is 18.9 Å². The summed E-state index contributed by atoms with van der Waals surface area (Å²) in [6, 6.07) is 0. The number of aryl methyl sites for hydroxylation is 1. The van der Waals surface area contributed by atoms with Gasteiger partial charge in [-0.05, 0) is 6.92 Å². The fourth-order valence-electron chi connectivity index (χ4n) is 3.02. The van der Waals surface area contributed by atoms with E-state index in [-0.39, 0.29) is 11.2 Å². The van der Waals surface area contributed by atoms with Crippen LogP contribution < -0.4 is 19.9 Å². The second-order valence-corrected chi connectivity index (χ2v) is 7.72. The summed E-state index contributed by atoms with van der Waals surface area (Å²) < 4.78 is 23.4. The highest BCUT2D eigenvalue weighted by Gasteiger charge is 2.47. The minimum absolute atomic E-state index is 0.205.